The zero-order valence-electron chi connectivity index (χ0n) is 13.7. The van der Waals surface area contributed by atoms with Crippen molar-refractivity contribution in [3.8, 4) is 0 Å². The Morgan fingerprint density at radius 2 is 1.75 bits per heavy atom. The standard InChI is InChI=1S/C19H34O/c1-3-5-14-20-19-9-6-8-18(15-19)17-12-10-16(7-4-2)11-13-17/h5,14,16-19H,3-4,6-13,15H2,1-2H3/t16?,17?,18-,19-/m1/s1. The van der Waals surface area contributed by atoms with Crippen LogP contribution in [0.5, 0.6) is 0 Å². The first-order chi connectivity index (χ1) is 9.83. The Kier molecular flexibility index (Phi) is 6.96. The van der Waals surface area contributed by atoms with Crippen LogP contribution in [0.4, 0.5) is 0 Å². The summed E-state index contributed by atoms with van der Waals surface area (Å²) in [6.07, 6.45) is 19.9. The van der Waals surface area contributed by atoms with Crippen LogP contribution in [-0.4, -0.2) is 6.10 Å². The topological polar surface area (TPSA) is 9.23 Å². The van der Waals surface area contributed by atoms with Crippen molar-refractivity contribution in [2.45, 2.75) is 90.6 Å². The Hall–Kier alpha value is -0.460. The zero-order chi connectivity index (χ0) is 14.2. The summed E-state index contributed by atoms with van der Waals surface area (Å²) in [5.74, 6) is 3.00. The van der Waals surface area contributed by atoms with E-state index in [0.29, 0.717) is 6.10 Å². The van der Waals surface area contributed by atoms with E-state index >= 15 is 0 Å². The molecule has 1 nitrogen and oxygen atoms in total. The first-order valence-corrected chi connectivity index (χ1v) is 9.13. The maximum Gasteiger partial charge on any atom is 0.0981 e. The highest BCUT2D eigenvalue weighted by atomic mass is 16.5. The Labute approximate surface area is 126 Å². The number of ether oxygens (including phenoxy) is 1. The van der Waals surface area contributed by atoms with Crippen LogP contribution >= 0.6 is 0 Å². The molecule has 2 aliphatic rings. The molecule has 2 saturated carbocycles. The van der Waals surface area contributed by atoms with E-state index < -0.39 is 0 Å². The summed E-state index contributed by atoms with van der Waals surface area (Å²) in [5, 5.41) is 0. The van der Waals surface area contributed by atoms with Crippen LogP contribution in [0.1, 0.15) is 84.5 Å². The van der Waals surface area contributed by atoms with Gasteiger partial charge in [-0.2, -0.15) is 0 Å². The molecule has 2 fully saturated rings. The van der Waals surface area contributed by atoms with Gasteiger partial charge in [-0.3, -0.25) is 0 Å². The Balaban J connectivity index is 1.74. The van der Waals surface area contributed by atoms with Gasteiger partial charge in [0, 0.05) is 0 Å². The van der Waals surface area contributed by atoms with Crippen LogP contribution in [0.2, 0.25) is 0 Å². The number of rotatable bonds is 6. The van der Waals surface area contributed by atoms with Crippen molar-refractivity contribution >= 4 is 0 Å². The average Bonchev–Trinajstić information content (AvgIpc) is 2.49. The van der Waals surface area contributed by atoms with E-state index in [9.17, 15) is 0 Å². The fourth-order valence-corrected chi connectivity index (χ4v) is 4.35. The van der Waals surface area contributed by atoms with Gasteiger partial charge in [-0.1, -0.05) is 45.6 Å². The lowest BCUT2D eigenvalue weighted by Crippen LogP contribution is -2.29. The summed E-state index contributed by atoms with van der Waals surface area (Å²) >= 11 is 0. The quantitative estimate of drug-likeness (QED) is 0.534. The highest BCUT2D eigenvalue weighted by molar-refractivity contribution is 4.84. The van der Waals surface area contributed by atoms with E-state index in [1.54, 1.807) is 0 Å². The largest absolute Gasteiger partial charge is 0.498 e. The minimum absolute atomic E-state index is 0.505. The fourth-order valence-electron chi connectivity index (χ4n) is 4.35. The second-order valence-electron chi connectivity index (χ2n) is 7.03. The highest BCUT2D eigenvalue weighted by Crippen LogP contribution is 2.41. The van der Waals surface area contributed by atoms with E-state index in [4.69, 9.17) is 4.74 Å². The van der Waals surface area contributed by atoms with Gasteiger partial charge in [-0.15, -0.1) is 0 Å². The van der Waals surface area contributed by atoms with Gasteiger partial charge in [0.15, 0.2) is 0 Å². The van der Waals surface area contributed by atoms with Crippen LogP contribution in [0.25, 0.3) is 0 Å². The molecule has 0 heterocycles. The molecule has 1 heteroatoms. The van der Waals surface area contributed by atoms with Gasteiger partial charge >= 0.3 is 0 Å². The van der Waals surface area contributed by atoms with Crippen LogP contribution in [0.3, 0.4) is 0 Å². The first kappa shape index (κ1) is 15.9. The SMILES string of the molecule is CCC=CO[C@@H]1CCC[C@@H](C2CCC(CCC)CC2)C1. The third-order valence-corrected chi connectivity index (χ3v) is 5.52. The van der Waals surface area contributed by atoms with Gasteiger partial charge in [0.2, 0.25) is 0 Å². The lowest BCUT2D eigenvalue weighted by molar-refractivity contribution is 0.0511. The number of hydrogen-bond donors (Lipinski definition) is 0. The monoisotopic (exact) mass is 278 g/mol. The van der Waals surface area contributed by atoms with Crippen LogP contribution in [-0.2, 0) is 4.74 Å². The van der Waals surface area contributed by atoms with Gasteiger partial charge < -0.3 is 4.74 Å². The van der Waals surface area contributed by atoms with Crippen molar-refractivity contribution in [1.29, 1.82) is 0 Å². The van der Waals surface area contributed by atoms with Crippen LogP contribution in [0.15, 0.2) is 12.3 Å². The highest BCUT2D eigenvalue weighted by Gasteiger charge is 2.31. The molecule has 116 valence electrons. The number of hydrogen-bond acceptors (Lipinski definition) is 1. The molecule has 0 aromatic rings. The van der Waals surface area contributed by atoms with Crippen molar-refractivity contribution in [2.75, 3.05) is 0 Å². The maximum atomic E-state index is 5.92. The van der Waals surface area contributed by atoms with E-state index in [1.807, 2.05) is 6.26 Å². The summed E-state index contributed by atoms with van der Waals surface area (Å²) in [6, 6.07) is 0. The first-order valence-electron chi connectivity index (χ1n) is 9.13. The predicted octanol–water partition coefficient (Wildman–Crippen LogP) is 6.09. The molecule has 0 N–H and O–H groups in total. The van der Waals surface area contributed by atoms with Crippen molar-refractivity contribution in [3.63, 3.8) is 0 Å². The molecule has 0 radical (unpaired) electrons. The molecular formula is C19H34O. The summed E-state index contributed by atoms with van der Waals surface area (Å²) in [6.45, 7) is 4.50. The second-order valence-corrected chi connectivity index (χ2v) is 7.03. The molecule has 0 aromatic carbocycles. The van der Waals surface area contributed by atoms with E-state index in [0.717, 1.165) is 24.2 Å². The van der Waals surface area contributed by atoms with E-state index in [2.05, 4.69) is 19.9 Å². The minimum atomic E-state index is 0.505. The van der Waals surface area contributed by atoms with Gasteiger partial charge in [-0.25, -0.2) is 0 Å². The van der Waals surface area contributed by atoms with Gasteiger partial charge in [-0.05, 0) is 62.7 Å². The third-order valence-electron chi connectivity index (χ3n) is 5.52. The summed E-state index contributed by atoms with van der Waals surface area (Å²) < 4.78 is 5.92. The molecule has 0 saturated heterocycles. The zero-order valence-corrected chi connectivity index (χ0v) is 13.7. The smallest absolute Gasteiger partial charge is 0.0981 e. The Morgan fingerprint density at radius 3 is 2.45 bits per heavy atom. The molecule has 0 unspecified atom stereocenters. The molecule has 2 aliphatic carbocycles. The minimum Gasteiger partial charge on any atom is -0.498 e. The van der Waals surface area contributed by atoms with Crippen molar-refractivity contribution < 1.29 is 4.74 Å². The molecule has 0 aromatic heterocycles. The Bertz CT molecular complexity index is 275. The molecule has 20 heavy (non-hydrogen) atoms. The molecule has 0 amide bonds. The maximum absolute atomic E-state index is 5.92. The molecular weight excluding hydrogens is 244 g/mol. The fraction of sp³-hybridized carbons (Fsp3) is 0.895. The molecule has 2 atom stereocenters. The predicted molar refractivity (Wildman–Crippen MR) is 86.6 cm³/mol. The van der Waals surface area contributed by atoms with E-state index in [-0.39, 0.29) is 0 Å². The molecule has 0 spiro atoms. The van der Waals surface area contributed by atoms with Gasteiger partial charge in [0.05, 0.1) is 12.4 Å². The van der Waals surface area contributed by atoms with Crippen LogP contribution < -0.4 is 0 Å². The van der Waals surface area contributed by atoms with Crippen molar-refractivity contribution in [3.05, 3.63) is 12.3 Å². The molecule has 2 rings (SSSR count). The second kappa shape index (κ2) is 8.74. The molecule has 0 aliphatic heterocycles. The lowest BCUT2D eigenvalue weighted by atomic mass is 9.70. The van der Waals surface area contributed by atoms with Crippen LogP contribution in [0, 0.1) is 17.8 Å². The summed E-state index contributed by atoms with van der Waals surface area (Å²) in [7, 11) is 0. The van der Waals surface area contributed by atoms with Crippen molar-refractivity contribution in [2.24, 2.45) is 17.8 Å². The normalized spacial score (nSPS) is 35.3. The molecule has 0 bridgehead atoms. The van der Waals surface area contributed by atoms with Gasteiger partial charge in [0.1, 0.15) is 0 Å². The van der Waals surface area contributed by atoms with Gasteiger partial charge in [0.25, 0.3) is 0 Å². The summed E-state index contributed by atoms with van der Waals surface area (Å²) in [5.41, 5.74) is 0. The number of allylic oxidation sites excluding steroid dienone is 1. The van der Waals surface area contributed by atoms with Crippen molar-refractivity contribution in [1.82, 2.24) is 0 Å². The summed E-state index contributed by atoms with van der Waals surface area (Å²) in [4.78, 5) is 0. The lowest BCUT2D eigenvalue weighted by Gasteiger charge is -2.38. The Morgan fingerprint density at radius 1 is 0.950 bits per heavy atom. The average molecular weight is 278 g/mol. The van der Waals surface area contributed by atoms with E-state index in [1.165, 1.54) is 64.2 Å². The third kappa shape index (κ3) is 4.82.